The van der Waals surface area contributed by atoms with E-state index in [4.69, 9.17) is 5.11 Å². The van der Waals surface area contributed by atoms with Crippen molar-refractivity contribution in [3.63, 3.8) is 0 Å². The molecule has 0 aromatic carbocycles. The fourth-order valence-electron chi connectivity index (χ4n) is 1.77. The van der Waals surface area contributed by atoms with Gasteiger partial charge in [-0.3, -0.25) is 10.1 Å². The summed E-state index contributed by atoms with van der Waals surface area (Å²) in [6, 6.07) is -0.461. The van der Waals surface area contributed by atoms with Crippen molar-refractivity contribution in [1.82, 2.24) is 10.6 Å². The second-order valence-corrected chi connectivity index (χ2v) is 3.97. The molecule has 0 saturated heterocycles. The molecule has 94 valence electrons. The van der Waals surface area contributed by atoms with E-state index in [1.165, 1.54) is 6.42 Å². The minimum absolute atomic E-state index is 0.111. The number of rotatable bonds is 3. The van der Waals surface area contributed by atoms with E-state index in [9.17, 15) is 14.4 Å². The van der Waals surface area contributed by atoms with Gasteiger partial charge in [-0.15, -0.1) is 0 Å². The predicted octanol–water partition coefficient (Wildman–Crippen LogP) is 0.786. The van der Waals surface area contributed by atoms with Crippen LogP contribution in [0.4, 0.5) is 4.79 Å². The molecule has 0 aromatic heterocycles. The summed E-state index contributed by atoms with van der Waals surface area (Å²) in [7, 11) is 0. The molecule has 0 aromatic rings. The van der Waals surface area contributed by atoms with E-state index in [1.54, 1.807) is 0 Å². The zero-order chi connectivity index (χ0) is 12.7. The number of nitrogens with one attached hydrogen (secondary N) is 2. The van der Waals surface area contributed by atoms with Crippen LogP contribution in [0.2, 0.25) is 0 Å². The van der Waals surface area contributed by atoms with E-state index in [-0.39, 0.29) is 6.04 Å². The fourth-order valence-corrected chi connectivity index (χ4v) is 1.77. The van der Waals surface area contributed by atoms with Crippen molar-refractivity contribution in [2.24, 2.45) is 0 Å². The van der Waals surface area contributed by atoms with Crippen LogP contribution < -0.4 is 10.6 Å². The Bertz CT molecular complexity index is 332. The molecule has 3 amide bonds. The Kier molecular flexibility index (Phi) is 5.19. The SMILES string of the molecule is O=C(O)/C=C/C(=O)NC(=O)NC1CCCCC1. The Morgan fingerprint density at radius 1 is 1.06 bits per heavy atom. The Hall–Kier alpha value is -1.85. The van der Waals surface area contributed by atoms with Crippen molar-refractivity contribution in [2.45, 2.75) is 38.1 Å². The Labute approximate surface area is 99.1 Å². The highest BCUT2D eigenvalue weighted by Gasteiger charge is 2.16. The first-order valence-corrected chi connectivity index (χ1v) is 5.60. The van der Waals surface area contributed by atoms with E-state index in [0.29, 0.717) is 6.08 Å². The molecular weight excluding hydrogens is 224 g/mol. The third-order valence-corrected chi connectivity index (χ3v) is 2.55. The third-order valence-electron chi connectivity index (χ3n) is 2.55. The minimum atomic E-state index is -1.23. The zero-order valence-electron chi connectivity index (χ0n) is 9.44. The molecule has 0 bridgehead atoms. The minimum Gasteiger partial charge on any atom is -0.478 e. The standard InChI is InChI=1S/C11H16N2O4/c14-9(6-7-10(15)16)13-11(17)12-8-4-2-1-3-5-8/h6-8H,1-5H2,(H,15,16)(H2,12,13,14,17)/b7-6+. The van der Waals surface area contributed by atoms with Gasteiger partial charge in [0.25, 0.3) is 5.91 Å². The van der Waals surface area contributed by atoms with Crippen LogP contribution in [-0.2, 0) is 9.59 Å². The molecule has 0 aliphatic heterocycles. The van der Waals surface area contributed by atoms with Gasteiger partial charge < -0.3 is 10.4 Å². The highest BCUT2D eigenvalue weighted by Crippen LogP contribution is 2.16. The number of carbonyl (C=O) groups is 3. The summed E-state index contributed by atoms with van der Waals surface area (Å²) in [5, 5.41) is 13.0. The summed E-state index contributed by atoms with van der Waals surface area (Å²) in [6.45, 7) is 0. The molecule has 0 radical (unpaired) electrons. The lowest BCUT2D eigenvalue weighted by atomic mass is 9.96. The molecule has 1 rings (SSSR count). The maximum absolute atomic E-state index is 11.3. The largest absolute Gasteiger partial charge is 0.478 e. The van der Waals surface area contributed by atoms with E-state index in [1.807, 2.05) is 5.32 Å². The molecule has 0 atom stereocenters. The van der Waals surface area contributed by atoms with E-state index < -0.39 is 17.9 Å². The molecule has 1 fully saturated rings. The summed E-state index contributed by atoms with van der Waals surface area (Å²) in [6.07, 6.45) is 6.68. The molecule has 0 unspecified atom stereocenters. The normalized spacial score (nSPS) is 16.7. The van der Waals surface area contributed by atoms with Crippen molar-refractivity contribution >= 4 is 17.9 Å². The number of carboxylic acids is 1. The Morgan fingerprint density at radius 3 is 2.29 bits per heavy atom. The summed E-state index contributed by atoms with van der Waals surface area (Å²) in [4.78, 5) is 32.6. The molecule has 0 heterocycles. The van der Waals surface area contributed by atoms with Gasteiger partial charge in [-0.25, -0.2) is 9.59 Å². The summed E-state index contributed by atoms with van der Waals surface area (Å²) in [5.41, 5.74) is 0. The van der Waals surface area contributed by atoms with Crippen LogP contribution in [0.25, 0.3) is 0 Å². The number of aliphatic carboxylic acids is 1. The molecule has 17 heavy (non-hydrogen) atoms. The maximum Gasteiger partial charge on any atom is 0.328 e. The van der Waals surface area contributed by atoms with Crippen molar-refractivity contribution in [1.29, 1.82) is 0 Å². The van der Waals surface area contributed by atoms with Crippen LogP contribution in [-0.4, -0.2) is 29.1 Å². The van der Waals surface area contributed by atoms with Gasteiger partial charge >= 0.3 is 12.0 Å². The van der Waals surface area contributed by atoms with Crippen molar-refractivity contribution in [3.05, 3.63) is 12.2 Å². The highest BCUT2D eigenvalue weighted by atomic mass is 16.4. The van der Waals surface area contributed by atoms with Crippen LogP contribution in [0.1, 0.15) is 32.1 Å². The number of imide groups is 1. The number of urea groups is 1. The van der Waals surface area contributed by atoms with Crippen LogP contribution in [0.3, 0.4) is 0 Å². The Balaban J connectivity index is 2.28. The lowest BCUT2D eigenvalue weighted by molar-refractivity contribution is -0.131. The monoisotopic (exact) mass is 240 g/mol. The lowest BCUT2D eigenvalue weighted by Gasteiger charge is -2.22. The Morgan fingerprint density at radius 2 is 1.71 bits per heavy atom. The van der Waals surface area contributed by atoms with Gasteiger partial charge in [-0.1, -0.05) is 19.3 Å². The first kappa shape index (κ1) is 13.2. The number of hydrogen-bond acceptors (Lipinski definition) is 3. The summed E-state index contributed by atoms with van der Waals surface area (Å²) < 4.78 is 0. The van der Waals surface area contributed by atoms with Gasteiger partial charge in [0, 0.05) is 18.2 Å². The lowest BCUT2D eigenvalue weighted by Crippen LogP contribution is -2.44. The average molecular weight is 240 g/mol. The van der Waals surface area contributed by atoms with Crippen LogP contribution in [0, 0.1) is 0 Å². The van der Waals surface area contributed by atoms with Crippen LogP contribution >= 0.6 is 0 Å². The van der Waals surface area contributed by atoms with Gasteiger partial charge in [0.15, 0.2) is 0 Å². The van der Waals surface area contributed by atoms with Gasteiger partial charge in [0.05, 0.1) is 0 Å². The molecule has 6 nitrogen and oxygen atoms in total. The second kappa shape index (κ2) is 6.67. The summed E-state index contributed by atoms with van der Waals surface area (Å²) in [5.74, 6) is -1.96. The van der Waals surface area contributed by atoms with Crippen LogP contribution in [0.5, 0.6) is 0 Å². The van der Waals surface area contributed by atoms with Crippen molar-refractivity contribution in [3.8, 4) is 0 Å². The first-order valence-electron chi connectivity index (χ1n) is 5.60. The van der Waals surface area contributed by atoms with E-state index in [0.717, 1.165) is 31.8 Å². The topological polar surface area (TPSA) is 95.5 Å². The van der Waals surface area contributed by atoms with Gasteiger partial charge in [-0.2, -0.15) is 0 Å². The van der Waals surface area contributed by atoms with E-state index >= 15 is 0 Å². The smallest absolute Gasteiger partial charge is 0.328 e. The van der Waals surface area contributed by atoms with Gasteiger partial charge in [0.1, 0.15) is 0 Å². The quantitative estimate of drug-likeness (QED) is 0.635. The second-order valence-electron chi connectivity index (χ2n) is 3.97. The molecule has 3 N–H and O–H groups in total. The maximum atomic E-state index is 11.3. The van der Waals surface area contributed by atoms with Gasteiger partial charge in [-0.05, 0) is 12.8 Å². The van der Waals surface area contributed by atoms with Crippen LogP contribution in [0.15, 0.2) is 12.2 Å². The molecular formula is C11H16N2O4. The highest BCUT2D eigenvalue weighted by molar-refractivity contribution is 6.02. The molecule has 1 aliphatic rings. The number of amides is 3. The predicted molar refractivity (Wildman–Crippen MR) is 60.3 cm³/mol. The number of carbonyl (C=O) groups excluding carboxylic acids is 2. The van der Waals surface area contributed by atoms with E-state index in [2.05, 4.69) is 5.32 Å². The summed E-state index contributed by atoms with van der Waals surface area (Å²) >= 11 is 0. The number of carboxylic acid groups (broad SMARTS) is 1. The molecule has 0 spiro atoms. The molecule has 1 aliphatic carbocycles. The molecule has 6 heteroatoms. The van der Waals surface area contributed by atoms with Gasteiger partial charge in [0.2, 0.25) is 0 Å². The van der Waals surface area contributed by atoms with Crippen molar-refractivity contribution in [2.75, 3.05) is 0 Å². The average Bonchev–Trinajstić information content (AvgIpc) is 2.27. The van der Waals surface area contributed by atoms with Crippen molar-refractivity contribution < 1.29 is 19.5 Å². The zero-order valence-corrected chi connectivity index (χ0v) is 9.44. The first-order chi connectivity index (χ1) is 8.08. The fraction of sp³-hybridized carbons (Fsp3) is 0.545. The number of hydrogen-bond donors (Lipinski definition) is 3. The molecule has 1 saturated carbocycles. The third kappa shape index (κ3) is 5.70.